The first-order valence-corrected chi connectivity index (χ1v) is 4.96. The molecule has 0 saturated heterocycles. The van der Waals surface area contributed by atoms with Gasteiger partial charge in [0.2, 0.25) is 0 Å². The van der Waals surface area contributed by atoms with Gasteiger partial charge in [-0.15, -0.1) is 0 Å². The Bertz CT molecular complexity index is 472. The molecule has 0 atom stereocenters. The van der Waals surface area contributed by atoms with E-state index in [9.17, 15) is 9.90 Å². The molecule has 6 heteroatoms. The van der Waals surface area contributed by atoms with Crippen LogP contribution in [0.3, 0.4) is 0 Å². The van der Waals surface area contributed by atoms with Gasteiger partial charge in [-0.2, -0.15) is 0 Å². The van der Waals surface area contributed by atoms with Crippen LogP contribution in [0.2, 0.25) is 0 Å². The highest BCUT2D eigenvalue weighted by molar-refractivity contribution is 9.10. The highest BCUT2D eigenvalue weighted by Gasteiger charge is 2.21. The number of ether oxygens (including phenoxy) is 1. The van der Waals surface area contributed by atoms with E-state index in [4.69, 9.17) is 0 Å². The minimum atomic E-state index is -0.751. The van der Waals surface area contributed by atoms with Gasteiger partial charge in [0.05, 0.1) is 7.11 Å². The average molecular weight is 285 g/mol. The number of hydrogen-bond donors (Lipinski definition) is 1. The topological polar surface area (TPSA) is 71.8 Å². The summed E-state index contributed by atoms with van der Waals surface area (Å²) in [5.41, 5.74) is 0.375. The second-order valence-electron chi connectivity index (χ2n) is 2.72. The van der Waals surface area contributed by atoms with E-state index >= 15 is 0 Å². The predicted molar refractivity (Wildman–Crippen MR) is 64.2 cm³/mol. The maximum atomic E-state index is 11.3. The molecule has 0 aliphatic heterocycles. The number of halogens is 1. The summed E-state index contributed by atoms with van der Waals surface area (Å²) in [5.74, 6) is -1.13. The van der Waals surface area contributed by atoms with Crippen LogP contribution in [-0.2, 0) is 4.74 Å². The molecule has 1 heterocycles. The molecule has 0 aromatic carbocycles. The van der Waals surface area contributed by atoms with Gasteiger partial charge in [-0.05, 0) is 22.6 Å². The molecule has 0 fully saturated rings. The number of pyridine rings is 1. The molecule has 5 nitrogen and oxygen atoms in total. The zero-order chi connectivity index (χ0) is 12.3. The molecule has 1 rings (SSSR count). The van der Waals surface area contributed by atoms with Crippen molar-refractivity contribution in [1.29, 1.82) is 0 Å². The zero-order valence-electron chi connectivity index (χ0n) is 8.53. The number of esters is 1. The molecule has 1 aromatic rings. The van der Waals surface area contributed by atoms with E-state index in [-0.39, 0.29) is 17.1 Å². The summed E-state index contributed by atoms with van der Waals surface area (Å²) in [6.45, 7) is 6.86. The molecule has 0 aliphatic carbocycles. The third-order valence-electron chi connectivity index (χ3n) is 1.88. The Labute approximate surface area is 101 Å². The fourth-order valence-corrected chi connectivity index (χ4v) is 1.66. The first-order chi connectivity index (χ1) is 7.56. The first kappa shape index (κ1) is 12.4. The Morgan fingerprint density at radius 2 is 2.31 bits per heavy atom. The predicted octanol–water partition coefficient (Wildman–Crippen LogP) is 2.31. The van der Waals surface area contributed by atoms with Crippen molar-refractivity contribution in [3.05, 3.63) is 22.4 Å². The van der Waals surface area contributed by atoms with Crippen LogP contribution in [0.15, 0.2) is 16.2 Å². The molecule has 0 unspecified atom stereocenters. The van der Waals surface area contributed by atoms with Crippen molar-refractivity contribution in [3.8, 4) is 5.75 Å². The summed E-state index contributed by atoms with van der Waals surface area (Å²) in [6, 6.07) is 0. The quantitative estimate of drug-likeness (QED) is 0.525. The van der Waals surface area contributed by atoms with Gasteiger partial charge in [-0.3, -0.25) is 4.99 Å². The molecule has 1 N–H and O–H groups in total. The molecule has 0 saturated carbocycles. The average Bonchev–Trinajstić information content (AvgIpc) is 2.29. The Morgan fingerprint density at radius 1 is 1.69 bits per heavy atom. The van der Waals surface area contributed by atoms with Crippen LogP contribution in [-0.4, -0.2) is 29.9 Å². The number of aromatic nitrogens is 1. The fourth-order valence-electron chi connectivity index (χ4n) is 1.13. The minimum Gasteiger partial charge on any atom is -0.504 e. The van der Waals surface area contributed by atoms with Crippen molar-refractivity contribution >= 4 is 40.4 Å². The van der Waals surface area contributed by atoms with E-state index in [1.165, 1.54) is 13.2 Å². The molecule has 0 bridgehead atoms. The lowest BCUT2D eigenvalue weighted by Crippen LogP contribution is -2.06. The number of carbonyl (C=O) groups is 1. The van der Waals surface area contributed by atoms with Crippen molar-refractivity contribution in [1.82, 2.24) is 4.98 Å². The van der Waals surface area contributed by atoms with E-state index in [0.717, 1.165) is 0 Å². The van der Waals surface area contributed by atoms with Crippen molar-refractivity contribution in [2.24, 2.45) is 4.99 Å². The van der Waals surface area contributed by atoms with Crippen molar-refractivity contribution in [2.75, 3.05) is 7.11 Å². The summed E-state index contributed by atoms with van der Waals surface area (Å²) in [6.07, 6.45) is 1.45. The lowest BCUT2D eigenvalue weighted by Gasteiger charge is -2.08. The maximum absolute atomic E-state index is 11.3. The highest BCUT2D eigenvalue weighted by atomic mass is 79.9. The van der Waals surface area contributed by atoms with Gasteiger partial charge in [-0.1, -0.05) is 12.7 Å². The van der Waals surface area contributed by atoms with Crippen molar-refractivity contribution in [3.63, 3.8) is 0 Å². The third-order valence-corrected chi connectivity index (χ3v) is 2.48. The number of hydrogen-bond acceptors (Lipinski definition) is 5. The second kappa shape index (κ2) is 4.89. The molecule has 0 amide bonds. The van der Waals surface area contributed by atoms with Gasteiger partial charge in [0.15, 0.2) is 11.4 Å². The molecule has 0 radical (unpaired) electrons. The largest absolute Gasteiger partial charge is 0.504 e. The van der Waals surface area contributed by atoms with Crippen LogP contribution in [0.5, 0.6) is 5.75 Å². The smallest absolute Gasteiger partial charge is 0.360 e. The Hall–Kier alpha value is -1.69. The molecule has 16 heavy (non-hydrogen) atoms. The number of methoxy groups -OCH3 is 1. The van der Waals surface area contributed by atoms with E-state index in [0.29, 0.717) is 10.2 Å². The van der Waals surface area contributed by atoms with Crippen LogP contribution < -0.4 is 0 Å². The van der Waals surface area contributed by atoms with Gasteiger partial charge in [-0.25, -0.2) is 9.78 Å². The van der Waals surface area contributed by atoms with Crippen LogP contribution >= 0.6 is 15.9 Å². The lowest BCUT2D eigenvalue weighted by atomic mass is 10.2. The van der Waals surface area contributed by atoms with Crippen molar-refractivity contribution < 1.29 is 14.6 Å². The van der Waals surface area contributed by atoms with Gasteiger partial charge in [0.25, 0.3) is 0 Å². The molecule has 0 aliphatic rings. The molecule has 1 aromatic heterocycles. The van der Waals surface area contributed by atoms with Crippen LogP contribution in [0.25, 0.3) is 6.08 Å². The van der Waals surface area contributed by atoms with Gasteiger partial charge >= 0.3 is 5.97 Å². The number of rotatable bonds is 3. The number of aromatic hydroxyl groups is 1. The summed E-state index contributed by atoms with van der Waals surface area (Å²) in [4.78, 5) is 18.8. The standard InChI is InChI=1S/C10H9BrN2O3/c1-4-5-6(12-2)8(14)7(10(15)16-3)13-9(5)11/h4,14H,1-2H2,3H3. The first-order valence-electron chi connectivity index (χ1n) is 4.16. The fraction of sp³-hybridized carbons (Fsp3) is 0.100. The van der Waals surface area contributed by atoms with E-state index in [1.54, 1.807) is 0 Å². The molecular formula is C10H9BrN2O3. The van der Waals surface area contributed by atoms with Crippen LogP contribution in [0.1, 0.15) is 16.1 Å². The summed E-state index contributed by atoms with van der Waals surface area (Å²) in [7, 11) is 1.19. The summed E-state index contributed by atoms with van der Waals surface area (Å²) < 4.78 is 4.81. The van der Waals surface area contributed by atoms with Gasteiger partial charge in [0.1, 0.15) is 10.3 Å². The second-order valence-corrected chi connectivity index (χ2v) is 3.47. The number of nitrogens with zero attached hydrogens (tertiary/aromatic N) is 2. The minimum absolute atomic E-state index is 0.136. The van der Waals surface area contributed by atoms with Crippen molar-refractivity contribution in [2.45, 2.75) is 0 Å². The normalized spacial score (nSPS) is 9.62. The zero-order valence-corrected chi connectivity index (χ0v) is 10.1. The van der Waals surface area contributed by atoms with Gasteiger partial charge in [0, 0.05) is 5.56 Å². The SMILES string of the molecule is C=Cc1c(Br)nc(C(=O)OC)c(O)c1N=C. The summed E-state index contributed by atoms with van der Waals surface area (Å²) >= 11 is 3.14. The lowest BCUT2D eigenvalue weighted by molar-refractivity contribution is 0.0590. The Morgan fingerprint density at radius 3 is 2.75 bits per heavy atom. The molecular weight excluding hydrogens is 276 g/mol. The third kappa shape index (κ3) is 1.96. The Balaban J connectivity index is 3.58. The number of aliphatic imine (C=N–C) groups is 1. The maximum Gasteiger partial charge on any atom is 0.360 e. The monoisotopic (exact) mass is 284 g/mol. The molecule has 84 valence electrons. The van der Waals surface area contributed by atoms with E-state index < -0.39 is 5.97 Å². The summed E-state index contributed by atoms with van der Waals surface area (Å²) in [5, 5.41) is 9.76. The molecule has 0 spiro atoms. The van der Waals surface area contributed by atoms with Crippen LogP contribution in [0.4, 0.5) is 5.69 Å². The van der Waals surface area contributed by atoms with Crippen LogP contribution in [0, 0.1) is 0 Å². The number of carbonyl (C=O) groups excluding carboxylic acids is 1. The Kier molecular flexibility index (Phi) is 3.78. The van der Waals surface area contributed by atoms with E-state index in [1.807, 2.05) is 0 Å². The van der Waals surface area contributed by atoms with Gasteiger partial charge < -0.3 is 9.84 Å². The highest BCUT2D eigenvalue weighted by Crippen LogP contribution is 2.37. The van der Waals surface area contributed by atoms with E-state index in [2.05, 4.69) is 43.9 Å².